The summed E-state index contributed by atoms with van der Waals surface area (Å²) in [6.07, 6.45) is 1.46. The van der Waals surface area contributed by atoms with Gasteiger partial charge in [-0.25, -0.2) is 9.48 Å². The number of nitrogens with one attached hydrogen (secondary N) is 1. The first kappa shape index (κ1) is 17.8. The number of hydrogen-bond donors (Lipinski definition) is 1. The van der Waals surface area contributed by atoms with E-state index >= 15 is 0 Å². The minimum Gasteiger partial charge on any atom is -0.324 e. The van der Waals surface area contributed by atoms with Crippen LogP contribution in [-0.4, -0.2) is 20.7 Å². The van der Waals surface area contributed by atoms with Crippen molar-refractivity contribution >= 4 is 23.2 Å². The van der Waals surface area contributed by atoms with E-state index in [-0.39, 0.29) is 5.91 Å². The summed E-state index contributed by atoms with van der Waals surface area (Å²) in [6.45, 7) is 3.50. The van der Waals surface area contributed by atoms with E-state index in [1.807, 2.05) is 25.1 Å². The molecular formula is C19H17ClN4O2. The highest BCUT2D eigenvalue weighted by Crippen LogP contribution is 2.18. The molecule has 1 heterocycles. The molecule has 0 bridgehead atoms. The summed E-state index contributed by atoms with van der Waals surface area (Å²) in [4.78, 5) is 28.8. The quantitative estimate of drug-likeness (QED) is 0.765. The molecular weight excluding hydrogens is 352 g/mol. The van der Waals surface area contributed by atoms with E-state index in [1.54, 1.807) is 37.3 Å². The Balaban J connectivity index is 1.82. The molecule has 6 nitrogen and oxygen atoms in total. The number of para-hydroxylation sites is 1. The van der Waals surface area contributed by atoms with Gasteiger partial charge in [-0.2, -0.15) is 10.1 Å². The molecule has 132 valence electrons. The van der Waals surface area contributed by atoms with Crippen LogP contribution >= 0.6 is 11.6 Å². The van der Waals surface area contributed by atoms with Crippen LogP contribution in [0, 0.1) is 6.92 Å². The molecule has 0 aliphatic rings. The summed E-state index contributed by atoms with van der Waals surface area (Å²) < 4.78 is 1.06. The average Bonchev–Trinajstić information content (AvgIpc) is 2.63. The first-order chi connectivity index (χ1) is 12.5. The highest BCUT2D eigenvalue weighted by molar-refractivity contribution is 6.30. The third-order valence-corrected chi connectivity index (χ3v) is 4.26. The van der Waals surface area contributed by atoms with E-state index < -0.39 is 11.7 Å². The Hall–Kier alpha value is -2.99. The first-order valence-corrected chi connectivity index (χ1v) is 8.42. The van der Waals surface area contributed by atoms with E-state index in [0.29, 0.717) is 16.4 Å². The van der Waals surface area contributed by atoms with E-state index in [9.17, 15) is 9.59 Å². The fraction of sp³-hybridized carbons (Fsp3) is 0.158. The fourth-order valence-corrected chi connectivity index (χ4v) is 2.56. The lowest BCUT2D eigenvalue weighted by molar-refractivity contribution is -0.119. The Bertz CT molecular complexity index is 999. The maximum atomic E-state index is 12.5. The minimum atomic E-state index is -0.797. The van der Waals surface area contributed by atoms with Gasteiger partial charge in [0.15, 0.2) is 0 Å². The van der Waals surface area contributed by atoms with Crippen molar-refractivity contribution in [3.63, 3.8) is 0 Å². The van der Waals surface area contributed by atoms with Crippen LogP contribution < -0.4 is 11.0 Å². The summed E-state index contributed by atoms with van der Waals surface area (Å²) in [5.41, 5.74) is 2.19. The molecule has 0 aliphatic carbocycles. The van der Waals surface area contributed by atoms with E-state index in [2.05, 4.69) is 15.4 Å². The Morgan fingerprint density at radius 1 is 1.15 bits per heavy atom. The lowest BCUT2D eigenvalue weighted by Crippen LogP contribution is -2.35. The van der Waals surface area contributed by atoms with Crippen molar-refractivity contribution < 1.29 is 4.79 Å². The molecule has 1 atom stereocenters. The van der Waals surface area contributed by atoms with Gasteiger partial charge in [0, 0.05) is 16.3 Å². The summed E-state index contributed by atoms with van der Waals surface area (Å²) in [6, 6.07) is 13.6. The predicted molar refractivity (Wildman–Crippen MR) is 101 cm³/mol. The van der Waals surface area contributed by atoms with E-state index in [1.165, 1.54) is 6.20 Å². The SMILES string of the molecule is Cc1ccccc1NC(=O)[C@H](C)n1ncc(-c2ccc(Cl)cc2)nc1=O. The Labute approximate surface area is 155 Å². The fourth-order valence-electron chi connectivity index (χ4n) is 2.44. The number of hydrogen-bond acceptors (Lipinski definition) is 4. The van der Waals surface area contributed by atoms with Crippen LogP contribution in [0.25, 0.3) is 11.3 Å². The van der Waals surface area contributed by atoms with Crippen LogP contribution in [0.3, 0.4) is 0 Å². The Morgan fingerprint density at radius 2 is 1.85 bits per heavy atom. The molecule has 0 aliphatic heterocycles. The van der Waals surface area contributed by atoms with Crippen LogP contribution in [0.1, 0.15) is 18.5 Å². The van der Waals surface area contributed by atoms with Crippen molar-refractivity contribution in [2.24, 2.45) is 0 Å². The largest absolute Gasteiger partial charge is 0.365 e. The van der Waals surface area contributed by atoms with Crippen molar-refractivity contribution in [3.8, 4) is 11.3 Å². The molecule has 7 heteroatoms. The third kappa shape index (κ3) is 3.81. The van der Waals surface area contributed by atoms with Crippen molar-refractivity contribution in [2.45, 2.75) is 19.9 Å². The highest BCUT2D eigenvalue weighted by atomic mass is 35.5. The third-order valence-electron chi connectivity index (χ3n) is 4.01. The number of aromatic nitrogens is 3. The number of aryl methyl sites for hydroxylation is 1. The number of carbonyl (C=O) groups is 1. The number of carbonyl (C=O) groups excluding carboxylic acids is 1. The van der Waals surface area contributed by atoms with Gasteiger partial charge in [0.2, 0.25) is 5.91 Å². The molecule has 0 radical (unpaired) electrons. The molecule has 0 saturated carbocycles. The van der Waals surface area contributed by atoms with Gasteiger partial charge in [-0.1, -0.05) is 41.9 Å². The molecule has 1 aromatic heterocycles. The zero-order valence-electron chi connectivity index (χ0n) is 14.3. The molecule has 0 saturated heterocycles. The van der Waals surface area contributed by atoms with Gasteiger partial charge in [-0.3, -0.25) is 4.79 Å². The molecule has 0 fully saturated rings. The van der Waals surface area contributed by atoms with Crippen LogP contribution in [-0.2, 0) is 4.79 Å². The Kier molecular flexibility index (Phi) is 5.14. The molecule has 2 aromatic carbocycles. The Morgan fingerprint density at radius 3 is 2.50 bits per heavy atom. The zero-order chi connectivity index (χ0) is 18.7. The highest BCUT2D eigenvalue weighted by Gasteiger charge is 2.19. The summed E-state index contributed by atoms with van der Waals surface area (Å²) in [5, 5.41) is 7.51. The van der Waals surface area contributed by atoms with Crippen LogP contribution in [0.15, 0.2) is 59.5 Å². The lowest BCUT2D eigenvalue weighted by Gasteiger charge is -2.15. The second-order valence-corrected chi connectivity index (χ2v) is 6.29. The molecule has 1 amide bonds. The number of nitrogens with zero attached hydrogens (tertiary/aromatic N) is 3. The zero-order valence-corrected chi connectivity index (χ0v) is 15.1. The van der Waals surface area contributed by atoms with Gasteiger partial charge >= 0.3 is 5.69 Å². The molecule has 0 spiro atoms. The molecule has 26 heavy (non-hydrogen) atoms. The number of amides is 1. The van der Waals surface area contributed by atoms with Crippen molar-refractivity contribution in [3.05, 3.63) is 75.8 Å². The summed E-state index contributed by atoms with van der Waals surface area (Å²) >= 11 is 5.86. The summed E-state index contributed by atoms with van der Waals surface area (Å²) in [7, 11) is 0. The average molecular weight is 369 g/mol. The minimum absolute atomic E-state index is 0.338. The second-order valence-electron chi connectivity index (χ2n) is 5.86. The van der Waals surface area contributed by atoms with E-state index in [0.717, 1.165) is 15.8 Å². The number of rotatable bonds is 4. The number of benzene rings is 2. The van der Waals surface area contributed by atoms with Crippen LogP contribution in [0.5, 0.6) is 0 Å². The number of anilines is 1. The monoisotopic (exact) mass is 368 g/mol. The maximum absolute atomic E-state index is 12.5. The van der Waals surface area contributed by atoms with Crippen molar-refractivity contribution in [1.29, 1.82) is 0 Å². The predicted octanol–water partition coefficient (Wildman–Crippen LogP) is 3.47. The lowest BCUT2D eigenvalue weighted by atomic mass is 10.2. The topological polar surface area (TPSA) is 76.9 Å². The van der Waals surface area contributed by atoms with Crippen LogP contribution in [0.2, 0.25) is 5.02 Å². The van der Waals surface area contributed by atoms with Gasteiger partial charge in [0.25, 0.3) is 0 Å². The smallest absolute Gasteiger partial charge is 0.324 e. The van der Waals surface area contributed by atoms with Gasteiger partial charge in [-0.15, -0.1) is 0 Å². The molecule has 1 N–H and O–H groups in total. The van der Waals surface area contributed by atoms with Crippen LogP contribution in [0.4, 0.5) is 5.69 Å². The first-order valence-electron chi connectivity index (χ1n) is 8.04. The van der Waals surface area contributed by atoms with Crippen molar-refractivity contribution in [2.75, 3.05) is 5.32 Å². The van der Waals surface area contributed by atoms with Gasteiger partial charge in [-0.05, 0) is 37.6 Å². The van der Waals surface area contributed by atoms with E-state index in [4.69, 9.17) is 11.6 Å². The molecule has 3 aromatic rings. The van der Waals surface area contributed by atoms with Gasteiger partial charge in [0.1, 0.15) is 6.04 Å². The normalized spacial score (nSPS) is 11.8. The maximum Gasteiger partial charge on any atom is 0.365 e. The van der Waals surface area contributed by atoms with Crippen molar-refractivity contribution in [1.82, 2.24) is 14.8 Å². The summed E-state index contributed by atoms with van der Waals surface area (Å²) in [5.74, 6) is -0.338. The molecule has 0 unspecified atom stereocenters. The van der Waals surface area contributed by atoms with Gasteiger partial charge in [0.05, 0.1) is 11.9 Å². The standard InChI is InChI=1S/C19H17ClN4O2/c1-12-5-3-4-6-16(12)22-18(25)13(2)24-19(26)23-17(11-21-24)14-7-9-15(20)10-8-14/h3-11,13H,1-2H3,(H,22,25)/t13-/m0/s1. The number of halogens is 1. The van der Waals surface area contributed by atoms with Gasteiger partial charge < -0.3 is 5.32 Å². The molecule has 3 rings (SSSR count). The second kappa shape index (κ2) is 7.49.